The first kappa shape index (κ1) is 15.9. The maximum absolute atomic E-state index is 13.7. The molecule has 0 fully saturated rings. The minimum absolute atomic E-state index is 0.197. The van der Waals surface area contributed by atoms with Crippen molar-refractivity contribution in [1.82, 2.24) is 0 Å². The van der Waals surface area contributed by atoms with Gasteiger partial charge in [0.25, 0.3) is 0 Å². The number of ether oxygens (including phenoxy) is 1. The van der Waals surface area contributed by atoms with Crippen LogP contribution in [0.5, 0.6) is 0 Å². The Bertz CT molecular complexity index is 424. The number of thiocarbonyl (C=S) groups is 1. The molecule has 0 spiro atoms. The highest BCUT2D eigenvalue weighted by atomic mass is 32.1. The first-order valence-electron chi connectivity index (χ1n) is 6.41. The fourth-order valence-corrected chi connectivity index (χ4v) is 1.62. The Hall–Kier alpha value is -1.20. The fraction of sp³-hybridized carbons (Fsp3) is 0.500. The molecule has 0 radical (unpaired) electrons. The van der Waals surface area contributed by atoms with Crippen LogP contribution in [0.15, 0.2) is 18.2 Å². The second-order valence-corrected chi connectivity index (χ2v) is 5.22. The SMILES string of the molecule is CC(C)CCOCCNc1ccc(C(N)=S)cc1F. The summed E-state index contributed by atoms with van der Waals surface area (Å²) in [6, 6.07) is 4.68. The van der Waals surface area contributed by atoms with Crippen LogP contribution in [0.25, 0.3) is 0 Å². The molecule has 0 aliphatic heterocycles. The third-order valence-corrected chi connectivity index (χ3v) is 2.89. The van der Waals surface area contributed by atoms with E-state index in [1.54, 1.807) is 12.1 Å². The normalized spacial score (nSPS) is 10.7. The summed E-state index contributed by atoms with van der Waals surface area (Å²) in [6.07, 6.45) is 1.04. The molecule has 0 amide bonds. The largest absolute Gasteiger partial charge is 0.389 e. The summed E-state index contributed by atoms with van der Waals surface area (Å²) < 4.78 is 19.1. The highest BCUT2D eigenvalue weighted by Crippen LogP contribution is 2.15. The van der Waals surface area contributed by atoms with Crippen LogP contribution in [0.1, 0.15) is 25.8 Å². The Morgan fingerprint density at radius 3 is 2.74 bits per heavy atom. The highest BCUT2D eigenvalue weighted by Gasteiger charge is 2.04. The van der Waals surface area contributed by atoms with E-state index in [1.807, 2.05) is 0 Å². The number of hydrogen-bond donors (Lipinski definition) is 2. The molecule has 0 saturated carbocycles. The maximum atomic E-state index is 13.7. The summed E-state index contributed by atoms with van der Waals surface area (Å²) in [5, 5.41) is 2.98. The van der Waals surface area contributed by atoms with Crippen molar-refractivity contribution in [3.63, 3.8) is 0 Å². The molecule has 0 unspecified atom stereocenters. The monoisotopic (exact) mass is 284 g/mol. The molecule has 3 nitrogen and oxygen atoms in total. The average molecular weight is 284 g/mol. The Kier molecular flexibility index (Phi) is 6.73. The van der Waals surface area contributed by atoms with E-state index in [2.05, 4.69) is 19.2 Å². The van der Waals surface area contributed by atoms with Gasteiger partial charge >= 0.3 is 0 Å². The molecule has 0 bridgehead atoms. The molecule has 1 aromatic rings. The van der Waals surface area contributed by atoms with Crippen LogP contribution in [0, 0.1) is 11.7 Å². The molecule has 0 saturated heterocycles. The zero-order chi connectivity index (χ0) is 14.3. The van der Waals surface area contributed by atoms with Crippen LogP contribution in [-0.2, 0) is 4.74 Å². The molecule has 1 aromatic carbocycles. The van der Waals surface area contributed by atoms with Gasteiger partial charge < -0.3 is 15.8 Å². The maximum Gasteiger partial charge on any atom is 0.146 e. The standard InChI is InChI=1S/C14H21FN2OS/c1-10(2)5-7-18-8-6-17-13-4-3-11(14(16)19)9-12(13)15/h3-4,9-10,17H,5-8H2,1-2H3,(H2,16,19). The summed E-state index contributed by atoms with van der Waals surface area (Å²) in [6.45, 7) is 6.17. The number of anilines is 1. The molecule has 1 rings (SSSR count). The van der Waals surface area contributed by atoms with E-state index in [0.29, 0.717) is 30.3 Å². The van der Waals surface area contributed by atoms with Gasteiger partial charge in [-0.1, -0.05) is 26.1 Å². The van der Waals surface area contributed by atoms with Gasteiger partial charge in [0.1, 0.15) is 10.8 Å². The third-order valence-electron chi connectivity index (χ3n) is 2.65. The second-order valence-electron chi connectivity index (χ2n) is 4.78. The van der Waals surface area contributed by atoms with Crippen molar-refractivity contribution in [1.29, 1.82) is 0 Å². The summed E-state index contributed by atoms with van der Waals surface area (Å²) in [4.78, 5) is 0.197. The molecule has 5 heteroatoms. The number of nitrogens with one attached hydrogen (secondary N) is 1. The van der Waals surface area contributed by atoms with Crippen LogP contribution in [-0.4, -0.2) is 24.7 Å². The Labute approximate surface area is 119 Å². The molecule has 3 N–H and O–H groups in total. The van der Waals surface area contributed by atoms with E-state index in [4.69, 9.17) is 22.7 Å². The minimum atomic E-state index is -0.354. The van der Waals surface area contributed by atoms with Gasteiger partial charge in [0.05, 0.1) is 12.3 Å². The predicted octanol–water partition coefficient (Wildman–Crippen LogP) is 2.93. The Morgan fingerprint density at radius 1 is 1.42 bits per heavy atom. The molecular weight excluding hydrogens is 263 g/mol. The minimum Gasteiger partial charge on any atom is -0.389 e. The zero-order valence-corrected chi connectivity index (χ0v) is 12.2. The van der Waals surface area contributed by atoms with Gasteiger partial charge in [0.2, 0.25) is 0 Å². The fourth-order valence-electron chi connectivity index (χ4n) is 1.49. The van der Waals surface area contributed by atoms with Crippen molar-refractivity contribution in [2.75, 3.05) is 25.1 Å². The second kappa shape index (κ2) is 8.07. The molecule has 19 heavy (non-hydrogen) atoms. The summed E-state index contributed by atoms with van der Waals surface area (Å²) >= 11 is 4.79. The highest BCUT2D eigenvalue weighted by molar-refractivity contribution is 7.80. The van der Waals surface area contributed by atoms with Crippen LogP contribution >= 0.6 is 12.2 Å². The van der Waals surface area contributed by atoms with Gasteiger partial charge in [0, 0.05) is 18.7 Å². The van der Waals surface area contributed by atoms with Crippen LogP contribution in [0.3, 0.4) is 0 Å². The van der Waals surface area contributed by atoms with Crippen molar-refractivity contribution in [3.05, 3.63) is 29.6 Å². The van der Waals surface area contributed by atoms with Gasteiger partial charge in [-0.25, -0.2) is 4.39 Å². The van der Waals surface area contributed by atoms with E-state index < -0.39 is 0 Å². The van der Waals surface area contributed by atoms with E-state index in [0.717, 1.165) is 13.0 Å². The number of rotatable bonds is 8. The van der Waals surface area contributed by atoms with Crippen molar-refractivity contribution < 1.29 is 9.13 Å². The quantitative estimate of drug-likeness (QED) is 0.569. The van der Waals surface area contributed by atoms with E-state index >= 15 is 0 Å². The number of hydrogen-bond acceptors (Lipinski definition) is 3. The lowest BCUT2D eigenvalue weighted by molar-refractivity contribution is 0.132. The van der Waals surface area contributed by atoms with Crippen molar-refractivity contribution in [2.24, 2.45) is 11.7 Å². The van der Waals surface area contributed by atoms with Crippen LogP contribution in [0.4, 0.5) is 10.1 Å². The summed E-state index contributed by atoms with van der Waals surface area (Å²) in [5.41, 5.74) is 6.41. The number of benzene rings is 1. The molecule has 0 atom stereocenters. The molecule has 0 heterocycles. The molecular formula is C14H21FN2OS. The van der Waals surface area contributed by atoms with Crippen molar-refractivity contribution >= 4 is 22.9 Å². The summed E-state index contributed by atoms with van der Waals surface area (Å²) in [5.74, 6) is 0.283. The van der Waals surface area contributed by atoms with Gasteiger partial charge in [0.15, 0.2) is 0 Å². The lowest BCUT2D eigenvalue weighted by Gasteiger charge is -2.10. The smallest absolute Gasteiger partial charge is 0.146 e. The Balaban J connectivity index is 2.32. The molecule has 0 aliphatic rings. The van der Waals surface area contributed by atoms with Crippen LogP contribution in [0.2, 0.25) is 0 Å². The number of halogens is 1. The van der Waals surface area contributed by atoms with Gasteiger partial charge in [-0.15, -0.1) is 0 Å². The molecule has 106 valence electrons. The first-order valence-corrected chi connectivity index (χ1v) is 6.82. The van der Waals surface area contributed by atoms with E-state index in [1.165, 1.54) is 6.07 Å². The average Bonchev–Trinajstić information content (AvgIpc) is 2.34. The Morgan fingerprint density at radius 2 is 2.16 bits per heavy atom. The van der Waals surface area contributed by atoms with E-state index in [9.17, 15) is 4.39 Å². The number of nitrogens with two attached hydrogens (primary N) is 1. The molecule has 0 aromatic heterocycles. The summed E-state index contributed by atoms with van der Waals surface area (Å²) in [7, 11) is 0. The van der Waals surface area contributed by atoms with Gasteiger partial charge in [-0.3, -0.25) is 0 Å². The zero-order valence-electron chi connectivity index (χ0n) is 11.4. The third kappa shape index (κ3) is 5.98. The molecule has 0 aliphatic carbocycles. The topological polar surface area (TPSA) is 47.3 Å². The van der Waals surface area contributed by atoms with Crippen molar-refractivity contribution in [2.45, 2.75) is 20.3 Å². The predicted molar refractivity (Wildman–Crippen MR) is 81.1 cm³/mol. The van der Waals surface area contributed by atoms with Gasteiger partial charge in [-0.2, -0.15) is 0 Å². The lowest BCUT2D eigenvalue weighted by atomic mass is 10.1. The lowest BCUT2D eigenvalue weighted by Crippen LogP contribution is -2.13. The van der Waals surface area contributed by atoms with E-state index in [-0.39, 0.29) is 10.8 Å². The van der Waals surface area contributed by atoms with Crippen LogP contribution < -0.4 is 11.1 Å². The first-order chi connectivity index (χ1) is 9.00. The van der Waals surface area contributed by atoms with Gasteiger partial charge in [-0.05, 0) is 30.5 Å². The van der Waals surface area contributed by atoms with Crippen molar-refractivity contribution in [3.8, 4) is 0 Å².